The van der Waals surface area contributed by atoms with Crippen molar-refractivity contribution >= 4 is 21.6 Å². The van der Waals surface area contributed by atoms with Crippen molar-refractivity contribution in [2.45, 2.75) is 17.4 Å². The highest BCUT2D eigenvalue weighted by Crippen LogP contribution is 2.31. The van der Waals surface area contributed by atoms with Gasteiger partial charge in [0.1, 0.15) is 10.6 Å². The van der Waals surface area contributed by atoms with Crippen LogP contribution in [0.3, 0.4) is 0 Å². The third-order valence-electron chi connectivity index (χ3n) is 4.42. The fourth-order valence-corrected chi connectivity index (χ4v) is 4.70. The van der Waals surface area contributed by atoms with Crippen LogP contribution in [0.4, 0.5) is 0 Å². The van der Waals surface area contributed by atoms with Crippen LogP contribution in [0.25, 0.3) is 0 Å². The van der Waals surface area contributed by atoms with Crippen LogP contribution in [-0.2, 0) is 14.9 Å². The first-order valence-electron chi connectivity index (χ1n) is 8.04. The minimum absolute atomic E-state index is 0.0388. The van der Waals surface area contributed by atoms with Gasteiger partial charge in [-0.25, -0.2) is 12.7 Å². The summed E-state index contributed by atoms with van der Waals surface area (Å²) in [7, 11) is -2.26. The van der Waals surface area contributed by atoms with E-state index in [0.717, 1.165) is 9.87 Å². The van der Waals surface area contributed by atoms with Gasteiger partial charge in [-0.2, -0.15) is 0 Å². The third kappa shape index (κ3) is 2.62. The van der Waals surface area contributed by atoms with Crippen molar-refractivity contribution in [2.24, 2.45) is 5.16 Å². The van der Waals surface area contributed by atoms with Gasteiger partial charge in [0.25, 0.3) is 15.9 Å². The van der Waals surface area contributed by atoms with E-state index >= 15 is 0 Å². The van der Waals surface area contributed by atoms with Crippen LogP contribution >= 0.6 is 0 Å². The molecule has 2 heterocycles. The number of methoxy groups -OCH3 is 1. The van der Waals surface area contributed by atoms with Crippen molar-refractivity contribution in [1.29, 1.82) is 0 Å². The Balaban J connectivity index is 1.51. The molecule has 2 aliphatic heterocycles. The minimum Gasteiger partial charge on any atom is -0.497 e. The number of oxime groups is 1. The zero-order valence-electron chi connectivity index (χ0n) is 14.0. The molecule has 2 aromatic carbocycles. The lowest BCUT2D eigenvalue weighted by Crippen LogP contribution is -2.37. The Morgan fingerprint density at radius 2 is 2.04 bits per heavy atom. The molecular formula is C18H16N2O5S. The fourth-order valence-electron chi connectivity index (χ4n) is 3.10. The molecule has 0 aromatic heterocycles. The molecule has 0 fully saturated rings. The van der Waals surface area contributed by atoms with Crippen LogP contribution < -0.4 is 4.74 Å². The Kier molecular flexibility index (Phi) is 3.91. The lowest BCUT2D eigenvalue weighted by atomic mass is 10.0. The molecule has 8 heteroatoms. The van der Waals surface area contributed by atoms with E-state index in [-0.39, 0.29) is 17.0 Å². The first kappa shape index (κ1) is 16.6. The van der Waals surface area contributed by atoms with E-state index in [2.05, 4.69) is 5.16 Å². The molecule has 1 atom stereocenters. The maximum Gasteiger partial charge on any atom is 0.269 e. The molecule has 0 bridgehead atoms. The van der Waals surface area contributed by atoms with Crippen molar-refractivity contribution in [2.75, 3.05) is 13.7 Å². The van der Waals surface area contributed by atoms with Crippen LogP contribution in [0, 0.1) is 0 Å². The summed E-state index contributed by atoms with van der Waals surface area (Å²) in [6.07, 6.45) is -0.118. The standard InChI is InChI=1S/C18H16N2O5S/c1-24-13-6-4-5-12(9-13)16-10-14(25-19-16)11-20-18(21)15-7-2-3-8-17(15)26(20,22)23/h2-9,14H,10-11H2,1H3. The van der Waals surface area contributed by atoms with E-state index < -0.39 is 22.0 Å². The molecule has 0 saturated heterocycles. The van der Waals surface area contributed by atoms with Crippen LogP contribution in [0.5, 0.6) is 5.75 Å². The SMILES string of the molecule is COc1cccc(C2=NOC(CN3C(=O)c4ccccc4S3(=O)=O)C2)c1. The molecule has 1 unspecified atom stereocenters. The first-order chi connectivity index (χ1) is 12.5. The van der Waals surface area contributed by atoms with Gasteiger partial charge in [0.05, 0.1) is 24.9 Å². The predicted octanol–water partition coefficient (Wildman–Crippen LogP) is 2.03. The van der Waals surface area contributed by atoms with Gasteiger partial charge in [0, 0.05) is 12.0 Å². The number of hydrogen-bond acceptors (Lipinski definition) is 6. The average Bonchev–Trinajstić information content (AvgIpc) is 3.20. The summed E-state index contributed by atoms with van der Waals surface area (Å²) < 4.78 is 31.3. The van der Waals surface area contributed by atoms with Gasteiger partial charge in [-0.05, 0) is 24.3 Å². The second-order valence-corrected chi connectivity index (χ2v) is 7.87. The Bertz CT molecular complexity index is 1020. The second-order valence-electron chi connectivity index (χ2n) is 6.04. The first-order valence-corrected chi connectivity index (χ1v) is 9.48. The van der Waals surface area contributed by atoms with E-state index in [4.69, 9.17) is 9.57 Å². The number of hydrogen-bond donors (Lipinski definition) is 0. The summed E-state index contributed by atoms with van der Waals surface area (Å²) in [5, 5.41) is 4.06. The van der Waals surface area contributed by atoms with Gasteiger partial charge >= 0.3 is 0 Å². The highest BCUT2D eigenvalue weighted by molar-refractivity contribution is 7.90. The summed E-state index contributed by atoms with van der Waals surface area (Å²) in [6, 6.07) is 13.6. The van der Waals surface area contributed by atoms with Crippen molar-refractivity contribution in [3.63, 3.8) is 0 Å². The summed E-state index contributed by atoms with van der Waals surface area (Å²) in [6.45, 7) is -0.0766. The van der Waals surface area contributed by atoms with Crippen LogP contribution in [0.2, 0.25) is 0 Å². The smallest absolute Gasteiger partial charge is 0.269 e. The maximum atomic E-state index is 12.6. The molecule has 26 heavy (non-hydrogen) atoms. The van der Waals surface area contributed by atoms with Gasteiger partial charge < -0.3 is 9.57 Å². The Labute approximate surface area is 150 Å². The molecule has 1 amide bonds. The number of fused-ring (bicyclic) bond motifs is 1. The van der Waals surface area contributed by atoms with E-state index in [9.17, 15) is 13.2 Å². The highest BCUT2D eigenvalue weighted by Gasteiger charge is 2.43. The number of carbonyl (C=O) groups is 1. The van der Waals surface area contributed by atoms with Gasteiger partial charge in [0.2, 0.25) is 0 Å². The fraction of sp³-hybridized carbons (Fsp3) is 0.222. The topological polar surface area (TPSA) is 85.3 Å². The minimum atomic E-state index is -3.84. The quantitative estimate of drug-likeness (QED) is 0.820. The molecule has 0 aliphatic carbocycles. The van der Waals surface area contributed by atoms with E-state index in [0.29, 0.717) is 17.9 Å². The molecule has 2 aliphatic rings. The molecule has 7 nitrogen and oxygen atoms in total. The lowest BCUT2D eigenvalue weighted by molar-refractivity contribution is 0.0599. The van der Waals surface area contributed by atoms with E-state index in [1.807, 2.05) is 24.3 Å². The summed E-state index contributed by atoms with van der Waals surface area (Å²) >= 11 is 0. The second kappa shape index (κ2) is 6.14. The third-order valence-corrected chi connectivity index (χ3v) is 6.22. The Hall–Kier alpha value is -2.87. The summed E-state index contributed by atoms with van der Waals surface area (Å²) in [4.78, 5) is 17.9. The molecule has 134 valence electrons. The summed E-state index contributed by atoms with van der Waals surface area (Å²) in [5.41, 5.74) is 1.72. The monoisotopic (exact) mass is 372 g/mol. The van der Waals surface area contributed by atoms with Gasteiger partial charge in [-0.1, -0.05) is 29.4 Å². The largest absolute Gasteiger partial charge is 0.497 e. The van der Waals surface area contributed by atoms with Crippen LogP contribution in [-0.4, -0.2) is 44.1 Å². The van der Waals surface area contributed by atoms with Crippen LogP contribution in [0.1, 0.15) is 22.3 Å². The van der Waals surface area contributed by atoms with Crippen molar-refractivity contribution < 1.29 is 22.8 Å². The van der Waals surface area contributed by atoms with Crippen molar-refractivity contribution in [3.8, 4) is 5.75 Å². The molecule has 0 radical (unpaired) electrons. The normalized spacial score (nSPS) is 20.5. The molecule has 0 N–H and O–H groups in total. The zero-order valence-corrected chi connectivity index (χ0v) is 14.8. The van der Waals surface area contributed by atoms with E-state index in [1.54, 1.807) is 19.2 Å². The number of nitrogens with zero attached hydrogens (tertiary/aromatic N) is 2. The van der Waals surface area contributed by atoms with Crippen molar-refractivity contribution in [1.82, 2.24) is 4.31 Å². The predicted molar refractivity (Wildman–Crippen MR) is 93.7 cm³/mol. The average molecular weight is 372 g/mol. The van der Waals surface area contributed by atoms with E-state index in [1.165, 1.54) is 12.1 Å². The maximum absolute atomic E-state index is 12.6. The molecule has 2 aromatic rings. The molecule has 0 saturated carbocycles. The number of benzene rings is 2. The number of sulfonamides is 1. The summed E-state index contributed by atoms with van der Waals surface area (Å²) in [5.74, 6) is 0.167. The zero-order chi connectivity index (χ0) is 18.3. The van der Waals surface area contributed by atoms with Gasteiger partial charge in [-0.3, -0.25) is 4.79 Å². The highest BCUT2D eigenvalue weighted by atomic mass is 32.2. The number of rotatable bonds is 4. The lowest BCUT2D eigenvalue weighted by Gasteiger charge is -2.18. The molecule has 0 spiro atoms. The Morgan fingerprint density at radius 3 is 2.81 bits per heavy atom. The number of carbonyl (C=O) groups excluding carboxylic acids is 1. The number of ether oxygens (including phenoxy) is 1. The van der Waals surface area contributed by atoms with Gasteiger partial charge in [0.15, 0.2) is 6.10 Å². The van der Waals surface area contributed by atoms with Crippen molar-refractivity contribution in [3.05, 3.63) is 59.7 Å². The number of amides is 1. The Morgan fingerprint density at radius 1 is 1.23 bits per heavy atom. The van der Waals surface area contributed by atoms with Gasteiger partial charge in [-0.15, -0.1) is 0 Å². The molecular weight excluding hydrogens is 356 g/mol. The van der Waals surface area contributed by atoms with Crippen LogP contribution in [0.15, 0.2) is 58.6 Å². The molecule has 4 rings (SSSR count).